The molecule has 5 aromatic carbocycles. The Hall–Kier alpha value is -6.53. The third-order valence-electron chi connectivity index (χ3n) is 8.62. The molecule has 0 saturated heterocycles. The van der Waals surface area contributed by atoms with E-state index in [0.717, 1.165) is 50.2 Å². The number of fused-ring (bicyclic) bond motifs is 4. The first-order valence-electron chi connectivity index (χ1n) is 15.4. The molecule has 0 spiro atoms. The normalized spacial score (nSPS) is 11.5. The van der Waals surface area contributed by atoms with Gasteiger partial charge in [0.05, 0.1) is 22.3 Å². The molecule has 9 aromatic rings. The van der Waals surface area contributed by atoms with Gasteiger partial charge in [-0.05, 0) is 47.5 Å². The molecule has 0 bridgehead atoms. The second kappa shape index (κ2) is 10.8. The molecule has 0 radical (unpaired) electrons. The van der Waals surface area contributed by atoms with Crippen molar-refractivity contribution < 1.29 is 9.52 Å². The third kappa shape index (κ3) is 4.46. The van der Waals surface area contributed by atoms with Crippen molar-refractivity contribution in [2.45, 2.75) is 0 Å². The quantitative estimate of drug-likeness (QED) is 0.211. The predicted octanol–water partition coefficient (Wildman–Crippen LogP) is 10.1. The zero-order chi connectivity index (χ0) is 31.3. The van der Waals surface area contributed by atoms with Gasteiger partial charge in [-0.2, -0.15) is 0 Å². The Kier molecular flexibility index (Phi) is 6.18. The Balaban J connectivity index is 1.37. The Bertz CT molecular complexity index is 2520. The maximum atomic E-state index is 10.7. The molecule has 0 aliphatic heterocycles. The number of phenolic OH excluding ortho intramolecular Hbond substituents is 1. The van der Waals surface area contributed by atoms with Crippen LogP contribution in [0.4, 0.5) is 0 Å². The summed E-state index contributed by atoms with van der Waals surface area (Å²) in [5, 5.41) is 12.3. The van der Waals surface area contributed by atoms with E-state index in [9.17, 15) is 5.11 Å². The molecule has 0 amide bonds. The van der Waals surface area contributed by atoms with Crippen molar-refractivity contribution in [3.8, 4) is 56.5 Å². The van der Waals surface area contributed by atoms with Gasteiger partial charge in [0.25, 0.3) is 0 Å². The molecule has 0 aliphatic rings. The zero-order valence-electron chi connectivity index (χ0n) is 25.1. The molecule has 1 N–H and O–H groups in total. The van der Waals surface area contributed by atoms with Gasteiger partial charge in [0.2, 0.25) is 0 Å². The third-order valence-corrected chi connectivity index (χ3v) is 8.62. The smallest absolute Gasteiger partial charge is 0.154 e. The van der Waals surface area contributed by atoms with Crippen LogP contribution in [0.1, 0.15) is 0 Å². The maximum Gasteiger partial charge on any atom is 0.154 e. The highest BCUT2D eigenvalue weighted by atomic mass is 16.3. The van der Waals surface area contributed by atoms with Gasteiger partial charge in [0.1, 0.15) is 28.4 Å². The summed E-state index contributed by atoms with van der Waals surface area (Å²) in [5.41, 5.74) is 10.3. The number of pyridine rings is 2. The Morgan fingerprint density at radius 2 is 1.26 bits per heavy atom. The van der Waals surface area contributed by atoms with Crippen LogP contribution in [0.2, 0.25) is 0 Å². The van der Waals surface area contributed by atoms with Crippen LogP contribution in [0.15, 0.2) is 156 Å². The summed E-state index contributed by atoms with van der Waals surface area (Å²) in [6.07, 6.45) is 3.90. The summed E-state index contributed by atoms with van der Waals surface area (Å²) in [6.45, 7) is 0. The second-order valence-corrected chi connectivity index (χ2v) is 11.4. The number of benzene rings is 5. The standard InChI is InChI=1S/C41H26N4O2/c46-35-19-10-20-36-38(35)39-37(47-36)22-21-33(43-39)34-25-45(41(44-34)31-23-24-42-32-18-8-7-15-30(31)32)40-28(26-11-3-1-4-12-26)16-9-17-29(40)27-13-5-2-6-14-27/h1-25,46H. The molecule has 4 heterocycles. The van der Waals surface area contributed by atoms with E-state index in [1.807, 2.05) is 60.8 Å². The van der Waals surface area contributed by atoms with E-state index in [2.05, 4.69) is 88.5 Å². The number of furan rings is 1. The van der Waals surface area contributed by atoms with Crippen LogP contribution in [0.3, 0.4) is 0 Å². The van der Waals surface area contributed by atoms with E-state index in [4.69, 9.17) is 14.4 Å². The van der Waals surface area contributed by atoms with Gasteiger partial charge in [0, 0.05) is 34.5 Å². The van der Waals surface area contributed by atoms with E-state index in [1.165, 1.54) is 0 Å². The Morgan fingerprint density at radius 1 is 0.553 bits per heavy atom. The van der Waals surface area contributed by atoms with Gasteiger partial charge < -0.3 is 9.52 Å². The lowest BCUT2D eigenvalue weighted by Crippen LogP contribution is -2.02. The van der Waals surface area contributed by atoms with Crippen molar-refractivity contribution in [3.63, 3.8) is 0 Å². The molecule has 0 fully saturated rings. The molecule has 6 nitrogen and oxygen atoms in total. The number of rotatable bonds is 5. The molecule has 0 atom stereocenters. The van der Waals surface area contributed by atoms with Crippen molar-refractivity contribution in [3.05, 3.63) is 152 Å². The average molecular weight is 607 g/mol. The van der Waals surface area contributed by atoms with Crippen LogP contribution >= 0.6 is 0 Å². The van der Waals surface area contributed by atoms with E-state index < -0.39 is 0 Å². The lowest BCUT2D eigenvalue weighted by molar-refractivity contribution is 0.481. The number of phenols is 1. The second-order valence-electron chi connectivity index (χ2n) is 11.4. The van der Waals surface area contributed by atoms with Crippen LogP contribution in [-0.4, -0.2) is 24.6 Å². The van der Waals surface area contributed by atoms with Gasteiger partial charge in [-0.1, -0.05) is 103 Å². The highest BCUT2D eigenvalue weighted by Crippen LogP contribution is 2.41. The fraction of sp³-hybridized carbons (Fsp3) is 0. The molecule has 222 valence electrons. The summed E-state index contributed by atoms with van der Waals surface area (Å²) < 4.78 is 8.21. The minimum Gasteiger partial charge on any atom is -0.507 e. The van der Waals surface area contributed by atoms with Crippen LogP contribution in [0.25, 0.3) is 83.7 Å². The SMILES string of the molecule is Oc1cccc2oc3ccc(-c4cn(-c5c(-c6ccccc6)cccc5-c5ccccc5)c(-c5ccnc6ccccc56)n4)nc3c12. The number of hydrogen-bond acceptors (Lipinski definition) is 5. The number of nitrogens with zero attached hydrogens (tertiary/aromatic N) is 4. The Morgan fingerprint density at radius 3 is 2.02 bits per heavy atom. The first kappa shape index (κ1) is 26.8. The van der Waals surface area contributed by atoms with Gasteiger partial charge in [-0.3, -0.25) is 9.55 Å². The highest BCUT2D eigenvalue weighted by molar-refractivity contribution is 6.06. The van der Waals surface area contributed by atoms with Gasteiger partial charge >= 0.3 is 0 Å². The summed E-state index contributed by atoms with van der Waals surface area (Å²) in [5.74, 6) is 0.894. The number of hydrogen-bond donors (Lipinski definition) is 1. The molecule has 0 aliphatic carbocycles. The van der Waals surface area contributed by atoms with Gasteiger partial charge in [-0.15, -0.1) is 0 Å². The Labute approximate surface area is 269 Å². The monoisotopic (exact) mass is 606 g/mol. The van der Waals surface area contributed by atoms with Crippen molar-refractivity contribution in [2.75, 3.05) is 0 Å². The maximum absolute atomic E-state index is 10.7. The number of imidazole rings is 1. The topological polar surface area (TPSA) is 77.0 Å². The number of aromatic hydroxyl groups is 1. The fourth-order valence-corrected chi connectivity index (χ4v) is 6.47. The van der Waals surface area contributed by atoms with E-state index in [0.29, 0.717) is 33.5 Å². The molecular weight excluding hydrogens is 580 g/mol. The number of aromatic nitrogens is 4. The lowest BCUT2D eigenvalue weighted by Gasteiger charge is -2.19. The van der Waals surface area contributed by atoms with E-state index >= 15 is 0 Å². The molecule has 9 rings (SSSR count). The van der Waals surface area contributed by atoms with Crippen molar-refractivity contribution in [1.82, 2.24) is 19.5 Å². The predicted molar refractivity (Wildman–Crippen MR) is 187 cm³/mol. The minimum atomic E-state index is 0.129. The van der Waals surface area contributed by atoms with Crippen LogP contribution < -0.4 is 0 Å². The first-order chi connectivity index (χ1) is 23.2. The fourth-order valence-electron chi connectivity index (χ4n) is 6.47. The first-order valence-corrected chi connectivity index (χ1v) is 15.4. The molecule has 4 aromatic heterocycles. The average Bonchev–Trinajstić information content (AvgIpc) is 3.74. The van der Waals surface area contributed by atoms with Gasteiger partial charge in [0.15, 0.2) is 5.58 Å². The van der Waals surface area contributed by atoms with Gasteiger partial charge in [-0.25, -0.2) is 9.97 Å². The van der Waals surface area contributed by atoms with E-state index in [1.54, 1.807) is 12.1 Å². The molecule has 6 heteroatoms. The minimum absolute atomic E-state index is 0.129. The van der Waals surface area contributed by atoms with Crippen LogP contribution in [-0.2, 0) is 0 Å². The van der Waals surface area contributed by atoms with Crippen molar-refractivity contribution >= 4 is 33.0 Å². The van der Waals surface area contributed by atoms with Crippen molar-refractivity contribution in [1.29, 1.82) is 0 Å². The summed E-state index contributed by atoms with van der Waals surface area (Å²) >= 11 is 0. The summed E-state index contributed by atoms with van der Waals surface area (Å²) in [7, 11) is 0. The van der Waals surface area contributed by atoms with Crippen molar-refractivity contribution in [2.24, 2.45) is 0 Å². The molecule has 0 saturated carbocycles. The number of para-hydroxylation sites is 2. The molecule has 47 heavy (non-hydrogen) atoms. The summed E-state index contributed by atoms with van der Waals surface area (Å²) in [6, 6.07) is 46.5. The van der Waals surface area contributed by atoms with E-state index in [-0.39, 0.29) is 5.75 Å². The highest BCUT2D eigenvalue weighted by Gasteiger charge is 2.22. The van der Waals surface area contributed by atoms with Crippen LogP contribution in [0.5, 0.6) is 5.75 Å². The largest absolute Gasteiger partial charge is 0.507 e. The molecule has 0 unspecified atom stereocenters. The zero-order valence-corrected chi connectivity index (χ0v) is 25.1. The van der Waals surface area contributed by atoms with Crippen LogP contribution in [0, 0.1) is 0 Å². The molecular formula is C41H26N4O2. The lowest BCUT2D eigenvalue weighted by atomic mass is 9.95. The summed E-state index contributed by atoms with van der Waals surface area (Å²) in [4.78, 5) is 15.0.